The van der Waals surface area contributed by atoms with Gasteiger partial charge < -0.3 is 9.64 Å². The van der Waals surface area contributed by atoms with Gasteiger partial charge >= 0.3 is 6.09 Å². The van der Waals surface area contributed by atoms with Crippen molar-refractivity contribution in [3.8, 4) is 0 Å². The third-order valence-corrected chi connectivity index (χ3v) is 5.36. The van der Waals surface area contributed by atoms with Crippen molar-refractivity contribution >= 4 is 17.9 Å². The highest BCUT2D eigenvalue weighted by atomic mass is 16.6. The largest absolute Gasteiger partial charge is 0.444 e. The van der Waals surface area contributed by atoms with E-state index in [9.17, 15) is 14.4 Å². The van der Waals surface area contributed by atoms with E-state index in [0.29, 0.717) is 17.7 Å². The molecule has 0 atom stereocenters. The molecule has 146 valence electrons. The minimum absolute atomic E-state index is 0.137. The Morgan fingerprint density at radius 2 is 1.59 bits per heavy atom. The molecule has 0 bridgehead atoms. The van der Waals surface area contributed by atoms with Crippen molar-refractivity contribution in [1.82, 2.24) is 9.80 Å². The summed E-state index contributed by atoms with van der Waals surface area (Å²) >= 11 is 0. The van der Waals surface area contributed by atoms with E-state index in [0.717, 1.165) is 25.7 Å². The quantitative estimate of drug-likeness (QED) is 0.759. The third-order valence-electron chi connectivity index (χ3n) is 5.36. The molecule has 3 rings (SSSR count). The molecular weight excluding hydrogens is 344 g/mol. The van der Waals surface area contributed by atoms with E-state index < -0.39 is 5.60 Å². The van der Waals surface area contributed by atoms with Crippen LogP contribution in [-0.2, 0) is 4.74 Å². The second kappa shape index (κ2) is 7.33. The molecule has 0 spiro atoms. The lowest BCUT2D eigenvalue weighted by Crippen LogP contribution is -2.43. The number of fused-ring (bicyclic) bond motifs is 1. The molecule has 0 unspecified atom stereocenters. The van der Waals surface area contributed by atoms with Gasteiger partial charge in [-0.05, 0) is 64.5 Å². The summed E-state index contributed by atoms with van der Waals surface area (Å²) in [6, 6.07) is 7.12. The van der Waals surface area contributed by atoms with Crippen molar-refractivity contribution < 1.29 is 19.1 Å². The number of hydrogen-bond donors (Lipinski definition) is 0. The molecule has 1 heterocycles. The first-order valence-corrected chi connectivity index (χ1v) is 9.58. The summed E-state index contributed by atoms with van der Waals surface area (Å²) in [5.41, 5.74) is 0.496. The second-order valence-electron chi connectivity index (χ2n) is 8.53. The number of ether oxygens (including phenoxy) is 1. The molecule has 1 fully saturated rings. The first-order valence-electron chi connectivity index (χ1n) is 9.58. The van der Waals surface area contributed by atoms with E-state index >= 15 is 0 Å². The molecule has 1 aliphatic heterocycles. The zero-order chi connectivity index (χ0) is 19.8. The Morgan fingerprint density at radius 3 is 2.07 bits per heavy atom. The van der Waals surface area contributed by atoms with E-state index in [1.165, 1.54) is 4.90 Å². The highest BCUT2D eigenvalue weighted by molar-refractivity contribution is 6.21. The fourth-order valence-corrected chi connectivity index (χ4v) is 3.86. The molecule has 1 aromatic rings. The van der Waals surface area contributed by atoms with E-state index in [-0.39, 0.29) is 29.9 Å². The maximum absolute atomic E-state index is 12.5. The molecule has 3 amide bonds. The SMILES string of the molecule is CN(C(=O)OC(C)(C)C)[C@H]1CC[C@@H](CN2C(=O)c3ccccc3C2=O)CC1. The third kappa shape index (κ3) is 4.15. The Labute approximate surface area is 160 Å². The molecule has 6 nitrogen and oxygen atoms in total. The number of imide groups is 1. The van der Waals surface area contributed by atoms with Crippen LogP contribution in [0.15, 0.2) is 24.3 Å². The zero-order valence-electron chi connectivity index (χ0n) is 16.5. The number of carbonyl (C=O) groups is 3. The van der Waals surface area contributed by atoms with E-state index in [1.54, 1.807) is 36.2 Å². The predicted octanol–water partition coefficient (Wildman–Crippen LogP) is 3.71. The molecule has 1 aromatic carbocycles. The van der Waals surface area contributed by atoms with Gasteiger partial charge in [-0.3, -0.25) is 14.5 Å². The summed E-state index contributed by atoms with van der Waals surface area (Å²) < 4.78 is 5.44. The van der Waals surface area contributed by atoms with Crippen LogP contribution in [0.4, 0.5) is 4.79 Å². The molecule has 0 aromatic heterocycles. The molecule has 0 N–H and O–H groups in total. The Morgan fingerprint density at radius 1 is 1.07 bits per heavy atom. The standard InChI is InChI=1S/C21H28N2O4/c1-21(2,3)27-20(26)22(4)15-11-9-14(10-12-15)13-23-18(24)16-7-5-6-8-17(16)19(23)25/h5-8,14-15H,9-13H2,1-4H3/t14-,15+. The lowest BCUT2D eigenvalue weighted by molar-refractivity contribution is 0.0168. The van der Waals surface area contributed by atoms with Crippen LogP contribution in [0.5, 0.6) is 0 Å². The topological polar surface area (TPSA) is 66.9 Å². The van der Waals surface area contributed by atoms with Crippen LogP contribution in [0.3, 0.4) is 0 Å². The van der Waals surface area contributed by atoms with Crippen LogP contribution < -0.4 is 0 Å². The van der Waals surface area contributed by atoms with Crippen LogP contribution in [0, 0.1) is 5.92 Å². The van der Waals surface area contributed by atoms with Gasteiger partial charge in [0.25, 0.3) is 11.8 Å². The van der Waals surface area contributed by atoms with Crippen LogP contribution >= 0.6 is 0 Å². The van der Waals surface area contributed by atoms with Gasteiger partial charge in [0.2, 0.25) is 0 Å². The van der Waals surface area contributed by atoms with Gasteiger partial charge in [-0.25, -0.2) is 4.79 Å². The fourth-order valence-electron chi connectivity index (χ4n) is 3.86. The molecule has 0 saturated heterocycles. The van der Waals surface area contributed by atoms with Crippen LogP contribution in [0.25, 0.3) is 0 Å². The van der Waals surface area contributed by atoms with Crippen LogP contribution in [-0.4, -0.2) is 52.9 Å². The second-order valence-corrected chi connectivity index (χ2v) is 8.53. The fraction of sp³-hybridized carbons (Fsp3) is 0.571. The van der Waals surface area contributed by atoms with E-state index in [2.05, 4.69) is 0 Å². The summed E-state index contributed by atoms with van der Waals surface area (Å²) in [5, 5.41) is 0. The number of nitrogens with zero attached hydrogens (tertiary/aromatic N) is 2. The summed E-state index contributed by atoms with van der Waals surface area (Å²) in [7, 11) is 1.78. The van der Waals surface area contributed by atoms with Crippen molar-refractivity contribution in [3.63, 3.8) is 0 Å². The van der Waals surface area contributed by atoms with Gasteiger partial charge in [0.15, 0.2) is 0 Å². The lowest BCUT2D eigenvalue weighted by Gasteiger charge is -2.36. The first kappa shape index (κ1) is 19.4. The van der Waals surface area contributed by atoms with Crippen LogP contribution in [0.2, 0.25) is 0 Å². The molecular formula is C21H28N2O4. The zero-order valence-corrected chi connectivity index (χ0v) is 16.5. The average Bonchev–Trinajstić information content (AvgIpc) is 2.86. The van der Waals surface area contributed by atoms with Crippen molar-refractivity contribution in [2.45, 2.75) is 58.1 Å². The predicted molar refractivity (Wildman–Crippen MR) is 102 cm³/mol. The normalized spacial score (nSPS) is 22.6. The average molecular weight is 372 g/mol. The van der Waals surface area contributed by atoms with E-state index in [1.807, 2.05) is 20.8 Å². The van der Waals surface area contributed by atoms with Gasteiger partial charge in [-0.1, -0.05) is 12.1 Å². The van der Waals surface area contributed by atoms with Gasteiger partial charge in [0, 0.05) is 19.6 Å². The highest BCUT2D eigenvalue weighted by Gasteiger charge is 2.37. The Kier molecular flexibility index (Phi) is 5.27. The van der Waals surface area contributed by atoms with Crippen molar-refractivity contribution in [3.05, 3.63) is 35.4 Å². The van der Waals surface area contributed by atoms with Crippen molar-refractivity contribution in [2.24, 2.45) is 5.92 Å². The number of rotatable bonds is 3. The summed E-state index contributed by atoms with van der Waals surface area (Å²) in [6.07, 6.45) is 3.16. The molecule has 27 heavy (non-hydrogen) atoms. The number of amides is 3. The molecule has 0 radical (unpaired) electrons. The summed E-state index contributed by atoms with van der Waals surface area (Å²) in [6.45, 7) is 6.03. The minimum Gasteiger partial charge on any atom is -0.444 e. The first-order chi connectivity index (χ1) is 12.7. The maximum Gasteiger partial charge on any atom is 0.410 e. The van der Waals surface area contributed by atoms with Gasteiger partial charge in [-0.15, -0.1) is 0 Å². The van der Waals surface area contributed by atoms with Crippen LogP contribution in [0.1, 0.15) is 67.2 Å². The monoisotopic (exact) mass is 372 g/mol. The lowest BCUT2D eigenvalue weighted by atomic mass is 9.85. The molecule has 1 aliphatic carbocycles. The molecule has 1 saturated carbocycles. The number of hydrogen-bond acceptors (Lipinski definition) is 4. The Hall–Kier alpha value is -2.37. The van der Waals surface area contributed by atoms with E-state index in [4.69, 9.17) is 4.74 Å². The van der Waals surface area contributed by atoms with Gasteiger partial charge in [-0.2, -0.15) is 0 Å². The van der Waals surface area contributed by atoms with Crippen molar-refractivity contribution in [2.75, 3.05) is 13.6 Å². The minimum atomic E-state index is -0.506. The van der Waals surface area contributed by atoms with Crippen molar-refractivity contribution in [1.29, 1.82) is 0 Å². The summed E-state index contributed by atoms with van der Waals surface area (Å²) in [5.74, 6) is -0.109. The smallest absolute Gasteiger partial charge is 0.410 e. The highest BCUT2D eigenvalue weighted by Crippen LogP contribution is 2.31. The Balaban J connectivity index is 1.54. The maximum atomic E-state index is 12.5. The Bertz CT molecular complexity index is 710. The molecule has 6 heteroatoms. The van der Waals surface area contributed by atoms with Gasteiger partial charge in [0.1, 0.15) is 5.60 Å². The van der Waals surface area contributed by atoms with Gasteiger partial charge in [0.05, 0.1) is 11.1 Å². The summed E-state index contributed by atoms with van der Waals surface area (Å²) in [4.78, 5) is 40.3. The number of benzene rings is 1. The molecule has 2 aliphatic rings. The number of carbonyl (C=O) groups excluding carboxylic acids is 3.